The zero-order valence-electron chi connectivity index (χ0n) is 23.9. The topological polar surface area (TPSA) is 62.7 Å². The first-order valence-corrected chi connectivity index (χ1v) is 14.1. The van der Waals surface area contributed by atoms with Crippen molar-refractivity contribution in [2.45, 2.75) is 96.1 Å². The minimum atomic E-state index is -5.64. The van der Waals surface area contributed by atoms with Crippen LogP contribution in [0.1, 0.15) is 70.8 Å². The zero-order valence-corrected chi connectivity index (χ0v) is 23.9. The van der Waals surface area contributed by atoms with Crippen molar-refractivity contribution in [2.24, 2.45) is 0 Å². The van der Waals surface area contributed by atoms with Crippen molar-refractivity contribution in [3.63, 3.8) is 0 Å². The van der Waals surface area contributed by atoms with Crippen LogP contribution in [0.5, 0.6) is 5.75 Å². The van der Waals surface area contributed by atoms with Crippen LogP contribution in [0.15, 0.2) is 36.7 Å². The van der Waals surface area contributed by atoms with E-state index in [-0.39, 0.29) is 12.2 Å². The Hall–Kier alpha value is -2.51. The van der Waals surface area contributed by atoms with Crippen molar-refractivity contribution >= 4 is 0 Å². The van der Waals surface area contributed by atoms with Crippen LogP contribution in [0, 0.1) is 0 Å². The molecule has 0 spiro atoms. The maximum absolute atomic E-state index is 14.1. The van der Waals surface area contributed by atoms with Gasteiger partial charge in [0.25, 0.3) is 0 Å². The minimum absolute atomic E-state index is 0.0108. The number of hydrogen-bond acceptors (Lipinski definition) is 6. The van der Waals surface area contributed by atoms with Gasteiger partial charge in [0.2, 0.25) is 0 Å². The lowest BCUT2D eigenvalue weighted by atomic mass is 10.1. The number of aromatic nitrogens is 2. The second-order valence-corrected chi connectivity index (χ2v) is 9.86. The van der Waals surface area contributed by atoms with Gasteiger partial charge in [-0.15, -0.1) is 0 Å². The first-order valence-electron chi connectivity index (χ1n) is 14.1. The molecule has 0 fully saturated rings. The first-order chi connectivity index (χ1) is 19.9. The number of hydrogen-bond donors (Lipinski definition) is 0. The summed E-state index contributed by atoms with van der Waals surface area (Å²) in [5.41, 5.74) is 1.76. The van der Waals surface area contributed by atoms with E-state index in [9.17, 15) is 30.7 Å². The van der Waals surface area contributed by atoms with Crippen LogP contribution in [0.4, 0.5) is 30.7 Å². The summed E-state index contributed by atoms with van der Waals surface area (Å²) >= 11 is 0. The highest BCUT2D eigenvalue weighted by Crippen LogP contribution is 2.40. The zero-order chi connectivity index (χ0) is 31.1. The van der Waals surface area contributed by atoms with Gasteiger partial charge in [-0.2, -0.15) is 26.3 Å². The van der Waals surface area contributed by atoms with Gasteiger partial charge < -0.3 is 14.2 Å². The molecule has 0 N–H and O–H groups in total. The molecule has 238 valence electrons. The van der Waals surface area contributed by atoms with Gasteiger partial charge in [-0.05, 0) is 49.1 Å². The minimum Gasteiger partial charge on any atom is -0.490 e. The first kappa shape index (κ1) is 35.7. The molecule has 0 aliphatic heterocycles. The van der Waals surface area contributed by atoms with Crippen molar-refractivity contribution in [1.82, 2.24) is 9.97 Å². The number of alkyl halides is 7. The second kappa shape index (κ2) is 17.6. The summed E-state index contributed by atoms with van der Waals surface area (Å²) in [7, 11) is 0. The number of unbranched alkanes of at least 4 members (excludes halogenated alkanes) is 6. The maximum atomic E-state index is 14.1. The molecule has 0 aliphatic carbocycles. The smallest absolute Gasteiger partial charge is 0.452 e. The Labute approximate surface area is 241 Å². The van der Waals surface area contributed by atoms with E-state index < -0.39 is 50.9 Å². The van der Waals surface area contributed by atoms with Gasteiger partial charge in [0.1, 0.15) is 19.0 Å². The lowest BCUT2D eigenvalue weighted by molar-refractivity contribution is -0.484. The summed E-state index contributed by atoms with van der Waals surface area (Å²) < 4.78 is 112. The van der Waals surface area contributed by atoms with Crippen LogP contribution in [0.2, 0.25) is 0 Å². The Morgan fingerprint density at radius 1 is 0.762 bits per heavy atom. The van der Waals surface area contributed by atoms with Gasteiger partial charge in [0.15, 0.2) is 12.0 Å². The van der Waals surface area contributed by atoms with Gasteiger partial charge in [-0.3, -0.25) is 0 Å². The molecule has 1 atom stereocenters. The molecule has 1 heterocycles. The number of ether oxygens (including phenoxy) is 4. The SMILES string of the molecule is CCCCCCCCc1cnc(-c2ccc(OCC(F)COCC(F)(F)OC(F)(F)C(F)(F)OCCCC)cc2)nc1. The molecule has 2 aromatic rings. The number of benzene rings is 1. The van der Waals surface area contributed by atoms with Gasteiger partial charge in [-0.1, -0.05) is 52.4 Å². The van der Waals surface area contributed by atoms with Crippen molar-refractivity contribution in [2.75, 3.05) is 26.4 Å². The number of halogens is 7. The second-order valence-electron chi connectivity index (χ2n) is 9.86. The number of aryl methyl sites for hydroxylation is 1. The van der Waals surface area contributed by atoms with Crippen LogP contribution in [-0.4, -0.2) is 60.9 Å². The third kappa shape index (κ3) is 12.8. The Morgan fingerprint density at radius 3 is 2.02 bits per heavy atom. The van der Waals surface area contributed by atoms with Gasteiger partial charge in [0, 0.05) is 18.0 Å². The molecule has 13 heteroatoms. The van der Waals surface area contributed by atoms with Crippen molar-refractivity contribution < 1.29 is 49.7 Å². The summed E-state index contributed by atoms with van der Waals surface area (Å²) in [5, 5.41) is 0. The Bertz CT molecular complexity index is 1010. The summed E-state index contributed by atoms with van der Waals surface area (Å²) in [6, 6.07) is 6.43. The lowest BCUT2D eigenvalue weighted by Crippen LogP contribution is -2.50. The molecule has 2 rings (SSSR count). The average molecular weight is 613 g/mol. The van der Waals surface area contributed by atoms with E-state index in [0.717, 1.165) is 18.4 Å². The summed E-state index contributed by atoms with van der Waals surface area (Å²) in [6.45, 7) is -0.477. The maximum Gasteiger partial charge on any atom is 0.452 e. The van der Waals surface area contributed by atoms with Crippen molar-refractivity contribution in [3.8, 4) is 17.1 Å². The van der Waals surface area contributed by atoms with E-state index in [4.69, 9.17) is 4.74 Å². The normalized spacial score (nSPS) is 13.4. The molecule has 42 heavy (non-hydrogen) atoms. The van der Waals surface area contributed by atoms with Crippen LogP contribution in [0.3, 0.4) is 0 Å². The highest BCUT2D eigenvalue weighted by atomic mass is 19.3. The molecular weight excluding hydrogens is 573 g/mol. The van der Waals surface area contributed by atoms with Crippen LogP contribution in [0.25, 0.3) is 11.4 Å². The molecule has 0 bridgehead atoms. The summed E-state index contributed by atoms with van der Waals surface area (Å²) in [6.07, 6.45) is -5.64. The van der Waals surface area contributed by atoms with Crippen LogP contribution >= 0.6 is 0 Å². The van der Waals surface area contributed by atoms with E-state index in [1.807, 2.05) is 0 Å². The average Bonchev–Trinajstić information content (AvgIpc) is 2.94. The lowest BCUT2D eigenvalue weighted by Gasteiger charge is -2.29. The molecule has 0 radical (unpaired) electrons. The molecule has 0 amide bonds. The fourth-order valence-corrected chi connectivity index (χ4v) is 3.69. The van der Waals surface area contributed by atoms with E-state index in [1.165, 1.54) is 32.1 Å². The number of rotatable bonds is 22. The molecular formula is C29H39F7N2O4. The highest BCUT2D eigenvalue weighted by Gasteiger charge is 2.64. The summed E-state index contributed by atoms with van der Waals surface area (Å²) in [5.74, 6) is 0.767. The molecule has 6 nitrogen and oxygen atoms in total. The molecule has 1 unspecified atom stereocenters. The van der Waals surface area contributed by atoms with Gasteiger partial charge in [0.05, 0.1) is 13.2 Å². The standard InChI is InChI=1S/C29H39F7N2O4/c1-3-5-7-8-9-10-11-22-17-37-26(38-18-22)23-12-14-25(15-13-23)40-20-24(30)19-39-21-27(31,32)42-29(35,36)28(33,34)41-16-6-4-2/h12-15,17-18,24H,3-11,16,19-21H2,1-2H3. The fourth-order valence-electron chi connectivity index (χ4n) is 3.69. The highest BCUT2D eigenvalue weighted by molar-refractivity contribution is 5.55. The predicted molar refractivity (Wildman–Crippen MR) is 143 cm³/mol. The predicted octanol–water partition coefficient (Wildman–Crippen LogP) is 8.39. The van der Waals surface area contributed by atoms with E-state index >= 15 is 0 Å². The van der Waals surface area contributed by atoms with Crippen LogP contribution in [-0.2, 0) is 20.6 Å². The Kier molecular flexibility index (Phi) is 14.9. The Balaban J connectivity index is 1.73. The van der Waals surface area contributed by atoms with Gasteiger partial charge in [-0.25, -0.2) is 19.1 Å². The van der Waals surface area contributed by atoms with Gasteiger partial charge >= 0.3 is 18.3 Å². The summed E-state index contributed by atoms with van der Waals surface area (Å²) in [4.78, 5) is 8.78. The third-order valence-corrected chi connectivity index (χ3v) is 6.03. The third-order valence-electron chi connectivity index (χ3n) is 6.03. The van der Waals surface area contributed by atoms with Crippen LogP contribution < -0.4 is 4.74 Å². The Morgan fingerprint density at radius 2 is 1.38 bits per heavy atom. The largest absolute Gasteiger partial charge is 0.490 e. The molecule has 1 aromatic heterocycles. The molecule has 0 aliphatic rings. The van der Waals surface area contributed by atoms with E-state index in [2.05, 4.69) is 31.1 Å². The van der Waals surface area contributed by atoms with Crippen molar-refractivity contribution in [1.29, 1.82) is 0 Å². The molecule has 0 saturated carbocycles. The van der Waals surface area contributed by atoms with Crippen molar-refractivity contribution in [3.05, 3.63) is 42.2 Å². The quantitative estimate of drug-likeness (QED) is 0.0983. The van der Waals surface area contributed by atoms with E-state index in [1.54, 1.807) is 43.6 Å². The molecule has 0 saturated heterocycles. The monoisotopic (exact) mass is 612 g/mol. The molecule has 1 aromatic carbocycles. The van der Waals surface area contributed by atoms with E-state index in [0.29, 0.717) is 17.8 Å². The number of nitrogens with zero attached hydrogens (tertiary/aromatic N) is 2. The fraction of sp³-hybridized carbons (Fsp3) is 0.655.